The molecule has 0 bridgehead atoms. The molecule has 0 nitrogen and oxygen atoms in total. The van der Waals surface area contributed by atoms with Crippen LogP contribution in [0.3, 0.4) is 0 Å². The van der Waals surface area contributed by atoms with Crippen LogP contribution in [0.25, 0.3) is 23.3 Å². The second-order valence-corrected chi connectivity index (χ2v) is 5.65. The molecular formula is C22H20. The zero-order chi connectivity index (χ0) is 15.4. The molecule has 0 aromatic heterocycles. The molecule has 0 heterocycles. The van der Waals surface area contributed by atoms with Gasteiger partial charge in [-0.05, 0) is 41.7 Å². The van der Waals surface area contributed by atoms with Gasteiger partial charge in [-0.25, -0.2) is 0 Å². The van der Waals surface area contributed by atoms with Crippen molar-refractivity contribution in [1.82, 2.24) is 0 Å². The molecule has 0 heteroatoms. The predicted octanol–water partition coefficient (Wildman–Crippen LogP) is 6.14. The molecule has 0 fully saturated rings. The molecule has 0 spiro atoms. The minimum atomic E-state index is 1.25. The van der Waals surface area contributed by atoms with Gasteiger partial charge in [0.1, 0.15) is 0 Å². The number of rotatable bonds is 3. The zero-order valence-corrected chi connectivity index (χ0v) is 13.1. The van der Waals surface area contributed by atoms with Crippen LogP contribution < -0.4 is 0 Å². The van der Waals surface area contributed by atoms with E-state index in [0.717, 1.165) is 0 Å². The van der Waals surface area contributed by atoms with Gasteiger partial charge in [-0.15, -0.1) is 0 Å². The summed E-state index contributed by atoms with van der Waals surface area (Å²) in [5, 5.41) is 0. The largest absolute Gasteiger partial charge is 0.0622 e. The standard InChI is InChI=1S/C22H20/c1-17-12-13-18(2)21(16-17)15-14-20-10-6-7-11-22(20)19-8-4-3-5-9-19/h3-16H,1-2H3. The molecule has 0 radical (unpaired) electrons. The van der Waals surface area contributed by atoms with Crippen LogP contribution in [-0.2, 0) is 0 Å². The van der Waals surface area contributed by atoms with Gasteiger partial charge in [0.2, 0.25) is 0 Å². The minimum absolute atomic E-state index is 1.25. The van der Waals surface area contributed by atoms with Gasteiger partial charge in [-0.2, -0.15) is 0 Å². The topological polar surface area (TPSA) is 0 Å². The summed E-state index contributed by atoms with van der Waals surface area (Å²) < 4.78 is 0. The molecule has 0 amide bonds. The molecule has 0 unspecified atom stereocenters. The van der Waals surface area contributed by atoms with Gasteiger partial charge in [-0.1, -0.05) is 90.5 Å². The monoisotopic (exact) mass is 284 g/mol. The molecule has 3 aromatic carbocycles. The maximum atomic E-state index is 2.23. The van der Waals surface area contributed by atoms with Crippen LogP contribution in [0.5, 0.6) is 0 Å². The Morgan fingerprint density at radius 3 is 2.14 bits per heavy atom. The van der Waals surface area contributed by atoms with Gasteiger partial charge in [0, 0.05) is 0 Å². The third-order valence-electron chi connectivity index (χ3n) is 3.92. The van der Waals surface area contributed by atoms with E-state index in [1.165, 1.54) is 33.4 Å². The lowest BCUT2D eigenvalue weighted by Crippen LogP contribution is -1.84. The first-order valence-corrected chi connectivity index (χ1v) is 7.64. The van der Waals surface area contributed by atoms with E-state index in [4.69, 9.17) is 0 Å². The van der Waals surface area contributed by atoms with E-state index >= 15 is 0 Å². The van der Waals surface area contributed by atoms with Crippen LogP contribution in [0.4, 0.5) is 0 Å². The molecular weight excluding hydrogens is 264 g/mol. The van der Waals surface area contributed by atoms with Crippen molar-refractivity contribution in [2.45, 2.75) is 13.8 Å². The molecule has 0 aliphatic carbocycles. The zero-order valence-electron chi connectivity index (χ0n) is 13.1. The van der Waals surface area contributed by atoms with Crippen molar-refractivity contribution in [1.29, 1.82) is 0 Å². The Morgan fingerprint density at radius 1 is 0.636 bits per heavy atom. The highest BCUT2D eigenvalue weighted by Crippen LogP contribution is 2.25. The third-order valence-corrected chi connectivity index (χ3v) is 3.92. The van der Waals surface area contributed by atoms with Gasteiger partial charge in [-0.3, -0.25) is 0 Å². The van der Waals surface area contributed by atoms with Crippen LogP contribution in [-0.4, -0.2) is 0 Å². The predicted molar refractivity (Wildman–Crippen MR) is 96.7 cm³/mol. The summed E-state index contributed by atoms with van der Waals surface area (Å²) in [6.45, 7) is 4.29. The Hall–Kier alpha value is -2.60. The van der Waals surface area contributed by atoms with E-state index in [-0.39, 0.29) is 0 Å². The van der Waals surface area contributed by atoms with Crippen LogP contribution in [0, 0.1) is 13.8 Å². The molecule has 108 valence electrons. The Labute approximate surface area is 132 Å². The minimum Gasteiger partial charge on any atom is -0.0622 e. The summed E-state index contributed by atoms with van der Waals surface area (Å²) in [6.07, 6.45) is 4.42. The molecule has 0 atom stereocenters. The highest BCUT2D eigenvalue weighted by Gasteiger charge is 2.01. The third kappa shape index (κ3) is 3.17. The Kier molecular flexibility index (Phi) is 4.20. The quantitative estimate of drug-likeness (QED) is 0.507. The fraction of sp³-hybridized carbons (Fsp3) is 0.0909. The fourth-order valence-corrected chi connectivity index (χ4v) is 2.64. The van der Waals surface area contributed by atoms with Crippen LogP contribution in [0.2, 0.25) is 0 Å². The van der Waals surface area contributed by atoms with Gasteiger partial charge >= 0.3 is 0 Å². The summed E-state index contributed by atoms with van der Waals surface area (Å²) in [5.74, 6) is 0. The Balaban J connectivity index is 2.00. The van der Waals surface area contributed by atoms with Crippen molar-refractivity contribution in [3.63, 3.8) is 0 Å². The molecule has 0 saturated carbocycles. The van der Waals surface area contributed by atoms with Crippen LogP contribution in [0.1, 0.15) is 22.3 Å². The van der Waals surface area contributed by atoms with E-state index in [1.807, 2.05) is 0 Å². The van der Waals surface area contributed by atoms with E-state index in [0.29, 0.717) is 0 Å². The first-order chi connectivity index (χ1) is 10.7. The summed E-state index contributed by atoms with van der Waals surface area (Å²) in [4.78, 5) is 0. The van der Waals surface area contributed by atoms with Crippen molar-refractivity contribution in [3.05, 3.63) is 95.1 Å². The Bertz CT molecular complexity index is 795. The molecule has 0 aliphatic rings. The summed E-state index contributed by atoms with van der Waals surface area (Å²) in [6, 6.07) is 25.6. The van der Waals surface area contributed by atoms with Gasteiger partial charge in [0.15, 0.2) is 0 Å². The van der Waals surface area contributed by atoms with E-state index < -0.39 is 0 Å². The van der Waals surface area contributed by atoms with Crippen molar-refractivity contribution in [2.24, 2.45) is 0 Å². The van der Waals surface area contributed by atoms with Crippen molar-refractivity contribution >= 4 is 12.2 Å². The van der Waals surface area contributed by atoms with Crippen molar-refractivity contribution in [3.8, 4) is 11.1 Å². The van der Waals surface area contributed by atoms with E-state index in [2.05, 4.69) is 98.8 Å². The van der Waals surface area contributed by atoms with Crippen LogP contribution >= 0.6 is 0 Å². The highest BCUT2D eigenvalue weighted by atomic mass is 14.1. The normalized spacial score (nSPS) is 11.0. The second-order valence-electron chi connectivity index (χ2n) is 5.65. The van der Waals surface area contributed by atoms with E-state index in [9.17, 15) is 0 Å². The molecule has 0 saturated heterocycles. The lowest BCUT2D eigenvalue weighted by Gasteiger charge is -2.07. The second kappa shape index (κ2) is 6.44. The fourth-order valence-electron chi connectivity index (χ4n) is 2.64. The van der Waals surface area contributed by atoms with E-state index in [1.54, 1.807) is 0 Å². The number of hydrogen-bond donors (Lipinski definition) is 0. The highest BCUT2D eigenvalue weighted by molar-refractivity contribution is 5.81. The van der Waals surface area contributed by atoms with Gasteiger partial charge in [0.05, 0.1) is 0 Å². The molecule has 0 N–H and O–H groups in total. The summed E-state index contributed by atoms with van der Waals surface area (Å²) >= 11 is 0. The summed E-state index contributed by atoms with van der Waals surface area (Å²) in [5.41, 5.74) is 7.64. The van der Waals surface area contributed by atoms with Crippen LogP contribution in [0.15, 0.2) is 72.8 Å². The SMILES string of the molecule is Cc1ccc(C)c(C=Cc2ccccc2-c2ccccc2)c1. The molecule has 3 rings (SSSR count). The average Bonchev–Trinajstić information content (AvgIpc) is 2.57. The first kappa shape index (κ1) is 14.3. The summed E-state index contributed by atoms with van der Waals surface area (Å²) in [7, 11) is 0. The maximum Gasteiger partial charge on any atom is -0.0111 e. The average molecular weight is 284 g/mol. The molecule has 3 aromatic rings. The number of hydrogen-bond acceptors (Lipinski definition) is 0. The number of benzene rings is 3. The molecule has 0 aliphatic heterocycles. The van der Waals surface area contributed by atoms with Crippen molar-refractivity contribution in [2.75, 3.05) is 0 Å². The lowest BCUT2D eigenvalue weighted by molar-refractivity contribution is 1.38. The lowest BCUT2D eigenvalue weighted by atomic mass is 9.98. The first-order valence-electron chi connectivity index (χ1n) is 7.64. The van der Waals surface area contributed by atoms with Gasteiger partial charge < -0.3 is 0 Å². The van der Waals surface area contributed by atoms with Crippen molar-refractivity contribution < 1.29 is 0 Å². The molecule has 22 heavy (non-hydrogen) atoms. The smallest absolute Gasteiger partial charge is 0.0111 e. The van der Waals surface area contributed by atoms with Gasteiger partial charge in [0.25, 0.3) is 0 Å². The maximum absolute atomic E-state index is 2.23. The Morgan fingerprint density at radius 2 is 1.32 bits per heavy atom. The number of aryl methyl sites for hydroxylation is 2.